The lowest BCUT2D eigenvalue weighted by atomic mass is 10.3. The van der Waals surface area contributed by atoms with Gasteiger partial charge in [-0.05, 0) is 12.1 Å². The molecule has 11 nitrogen and oxygen atoms in total. The standard InChI is InChI=1S/C20H11Cl12N4O7P/c1-40-35(13-9(25)5(21)3-6(22)10(13)26)19(37)33-17(15(29)30)42-44(39)43-18(16(31)32)34-20(38)36(41-2)14-11(27)7(23)4-8(24)12(14)28/h3-4,44H,1-2H3,(H,33,37)(H,34,38). The predicted octanol–water partition coefficient (Wildman–Crippen LogP) is 11.4. The molecule has 2 rings (SSSR count). The SMILES string of the molecule is CON(C(=O)NC(O[PH](=O)OC(NC(=O)N(OC)c1c(Cl)c(Cl)cc(Cl)c1Cl)=C(Cl)Cl)=C(Cl)Cl)c1c(Cl)c(Cl)cc(Cl)c1Cl. The molecule has 2 aromatic carbocycles. The Kier molecular flexibility index (Phi) is 16.1. The van der Waals surface area contributed by atoms with Gasteiger partial charge in [-0.3, -0.25) is 20.3 Å². The molecule has 0 fully saturated rings. The average molecular weight is 876 g/mol. The Labute approximate surface area is 309 Å². The molecule has 0 unspecified atom stereocenters. The molecule has 2 aromatic rings. The molecule has 2 N–H and O–H groups in total. The van der Waals surface area contributed by atoms with E-state index >= 15 is 0 Å². The van der Waals surface area contributed by atoms with Gasteiger partial charge < -0.3 is 9.05 Å². The van der Waals surface area contributed by atoms with E-state index in [0.717, 1.165) is 14.2 Å². The fraction of sp³-hybridized carbons (Fsp3) is 0.100. The van der Waals surface area contributed by atoms with Crippen LogP contribution in [0.1, 0.15) is 0 Å². The Morgan fingerprint density at radius 1 is 0.614 bits per heavy atom. The smallest absolute Gasteiger partial charge is 0.399 e. The second-order valence-corrected chi connectivity index (χ2v) is 13.0. The number of amides is 4. The summed E-state index contributed by atoms with van der Waals surface area (Å²) in [5.74, 6) is -1.68. The van der Waals surface area contributed by atoms with Gasteiger partial charge in [0.1, 0.15) is 11.4 Å². The van der Waals surface area contributed by atoms with Crippen molar-refractivity contribution in [3.63, 3.8) is 0 Å². The summed E-state index contributed by atoms with van der Waals surface area (Å²) in [5, 5.41) is 3.86. The van der Waals surface area contributed by atoms with E-state index in [1.54, 1.807) is 0 Å². The first-order chi connectivity index (χ1) is 20.5. The number of rotatable bonds is 10. The van der Waals surface area contributed by atoms with E-state index in [9.17, 15) is 14.2 Å². The number of urea groups is 2. The van der Waals surface area contributed by atoms with Crippen molar-refractivity contribution in [3.8, 4) is 0 Å². The van der Waals surface area contributed by atoms with Gasteiger partial charge in [-0.1, -0.05) is 139 Å². The molecule has 44 heavy (non-hydrogen) atoms. The third-order valence-electron chi connectivity index (χ3n) is 4.47. The molecule has 0 spiro atoms. The fourth-order valence-electron chi connectivity index (χ4n) is 2.74. The predicted molar refractivity (Wildman–Crippen MR) is 178 cm³/mol. The number of hydrogen-bond donors (Lipinski definition) is 2. The molecule has 0 aliphatic heterocycles. The third kappa shape index (κ3) is 9.86. The summed E-state index contributed by atoms with van der Waals surface area (Å²) in [4.78, 5) is 36.0. The van der Waals surface area contributed by atoms with Crippen molar-refractivity contribution in [1.29, 1.82) is 0 Å². The van der Waals surface area contributed by atoms with Crippen LogP contribution in [0, 0.1) is 0 Å². The second-order valence-electron chi connectivity index (χ2n) is 7.08. The molecular formula is C20H11Cl12N4O7P. The summed E-state index contributed by atoms with van der Waals surface area (Å²) < 4.78 is 21.2. The monoisotopic (exact) mass is 870 g/mol. The quantitative estimate of drug-likeness (QED) is 0.106. The van der Waals surface area contributed by atoms with Gasteiger partial charge in [0.2, 0.25) is 11.8 Å². The molecule has 0 atom stereocenters. The molecule has 242 valence electrons. The maximum absolute atomic E-state index is 13.0. The lowest BCUT2D eigenvalue weighted by molar-refractivity contribution is 0.160. The Morgan fingerprint density at radius 3 is 1.11 bits per heavy atom. The highest BCUT2D eigenvalue weighted by Gasteiger charge is 2.29. The van der Waals surface area contributed by atoms with E-state index in [0.29, 0.717) is 10.1 Å². The van der Waals surface area contributed by atoms with Gasteiger partial charge in [0.15, 0.2) is 8.98 Å². The van der Waals surface area contributed by atoms with Crippen molar-refractivity contribution in [1.82, 2.24) is 10.6 Å². The van der Waals surface area contributed by atoms with Gasteiger partial charge in [0.05, 0.1) is 54.4 Å². The number of halogens is 12. The lowest BCUT2D eigenvalue weighted by Gasteiger charge is -2.24. The third-order valence-corrected chi connectivity index (χ3v) is 9.01. The zero-order chi connectivity index (χ0) is 33.6. The van der Waals surface area contributed by atoms with Crippen molar-refractivity contribution in [2.45, 2.75) is 0 Å². The van der Waals surface area contributed by atoms with E-state index in [-0.39, 0.29) is 51.6 Å². The van der Waals surface area contributed by atoms with Gasteiger partial charge >= 0.3 is 20.3 Å². The summed E-state index contributed by atoms with van der Waals surface area (Å²) in [5.41, 5.74) is -0.573. The van der Waals surface area contributed by atoms with Crippen molar-refractivity contribution in [3.05, 3.63) is 73.1 Å². The highest BCUT2D eigenvalue weighted by atomic mass is 35.5. The van der Waals surface area contributed by atoms with Crippen LogP contribution in [-0.2, 0) is 23.3 Å². The van der Waals surface area contributed by atoms with Crippen LogP contribution >= 0.6 is 147 Å². The van der Waals surface area contributed by atoms with Crippen LogP contribution in [0.3, 0.4) is 0 Å². The van der Waals surface area contributed by atoms with E-state index in [4.69, 9.17) is 158 Å². The fourth-order valence-corrected chi connectivity index (χ4v) is 5.92. The van der Waals surface area contributed by atoms with Crippen molar-refractivity contribution < 1.29 is 32.9 Å². The number of hydrogen-bond acceptors (Lipinski definition) is 7. The molecule has 0 saturated heterocycles. The molecule has 0 bridgehead atoms. The Morgan fingerprint density at radius 2 is 0.886 bits per heavy atom. The summed E-state index contributed by atoms with van der Waals surface area (Å²) in [6.07, 6.45) is 0. The summed E-state index contributed by atoms with van der Waals surface area (Å²) >= 11 is 71.8. The summed E-state index contributed by atoms with van der Waals surface area (Å²) in [7, 11) is -1.74. The molecule has 0 radical (unpaired) electrons. The second kappa shape index (κ2) is 17.7. The molecule has 0 aliphatic rings. The molecule has 0 aliphatic carbocycles. The van der Waals surface area contributed by atoms with E-state index < -0.39 is 41.1 Å². The Balaban J connectivity index is 2.26. The molecule has 0 saturated carbocycles. The van der Waals surface area contributed by atoms with Crippen molar-refractivity contribution in [2.24, 2.45) is 0 Å². The normalized spacial score (nSPS) is 10.7. The number of nitrogens with one attached hydrogen (secondary N) is 2. The van der Waals surface area contributed by atoms with Crippen LogP contribution < -0.4 is 20.8 Å². The van der Waals surface area contributed by atoms with E-state index in [2.05, 4.69) is 10.6 Å². The number of benzene rings is 2. The first-order valence-electron chi connectivity index (χ1n) is 10.4. The molecule has 0 heterocycles. The van der Waals surface area contributed by atoms with E-state index in [1.165, 1.54) is 12.1 Å². The number of nitrogens with zero attached hydrogens (tertiary/aromatic N) is 2. The van der Waals surface area contributed by atoms with Crippen LogP contribution in [0.15, 0.2) is 32.9 Å². The van der Waals surface area contributed by atoms with Crippen LogP contribution in [0.25, 0.3) is 0 Å². The number of anilines is 2. The lowest BCUT2D eigenvalue weighted by Crippen LogP contribution is -2.40. The van der Waals surface area contributed by atoms with Gasteiger partial charge in [-0.25, -0.2) is 14.2 Å². The van der Waals surface area contributed by atoms with E-state index in [1.807, 2.05) is 0 Å². The van der Waals surface area contributed by atoms with Crippen molar-refractivity contribution >= 4 is 171 Å². The summed E-state index contributed by atoms with van der Waals surface area (Å²) in [6.45, 7) is 0. The van der Waals surface area contributed by atoms with Gasteiger partial charge in [0, 0.05) is 0 Å². The van der Waals surface area contributed by atoms with Crippen LogP contribution in [0.4, 0.5) is 21.0 Å². The first kappa shape index (κ1) is 39.9. The minimum Gasteiger partial charge on any atom is -0.399 e. The van der Waals surface area contributed by atoms with Gasteiger partial charge in [0.25, 0.3) is 0 Å². The minimum absolute atomic E-state index is 0.0823. The largest absolute Gasteiger partial charge is 0.421 e. The van der Waals surface area contributed by atoms with Crippen LogP contribution in [0.2, 0.25) is 40.2 Å². The Hall–Kier alpha value is -0.310. The maximum atomic E-state index is 13.0. The number of carbonyl (C=O) groups excluding carboxylic acids is 2. The van der Waals surface area contributed by atoms with Crippen molar-refractivity contribution in [2.75, 3.05) is 24.3 Å². The van der Waals surface area contributed by atoms with Crippen LogP contribution in [0.5, 0.6) is 0 Å². The average Bonchev–Trinajstić information content (AvgIpc) is 2.94. The van der Waals surface area contributed by atoms with Gasteiger partial charge in [-0.2, -0.15) is 10.1 Å². The highest BCUT2D eigenvalue weighted by Crippen LogP contribution is 2.45. The zero-order valence-electron chi connectivity index (χ0n) is 20.9. The first-order valence-corrected chi connectivity index (χ1v) is 16.2. The number of hydroxylamine groups is 2. The topological polar surface area (TPSA) is 119 Å². The summed E-state index contributed by atoms with van der Waals surface area (Å²) in [6, 6.07) is 0.0354. The zero-order valence-corrected chi connectivity index (χ0v) is 31.0. The number of carbonyl (C=O) groups is 2. The van der Waals surface area contributed by atoms with Gasteiger partial charge in [-0.15, -0.1) is 0 Å². The molecular weight excluding hydrogens is 865 g/mol. The van der Waals surface area contributed by atoms with Crippen LogP contribution in [-0.4, -0.2) is 26.3 Å². The molecule has 4 amide bonds. The molecule has 24 heteroatoms. The maximum Gasteiger partial charge on any atom is 0.421 e. The Bertz CT molecular complexity index is 1390. The minimum atomic E-state index is -3.86. The highest BCUT2D eigenvalue weighted by molar-refractivity contribution is 7.33. The molecule has 0 aromatic heterocycles.